The van der Waals surface area contributed by atoms with Crippen LogP contribution in [0.15, 0.2) is 48.5 Å². The van der Waals surface area contributed by atoms with Crippen molar-refractivity contribution in [1.82, 2.24) is 4.57 Å². The molecule has 0 aliphatic rings. The molecule has 28 heavy (non-hydrogen) atoms. The molecule has 3 aromatic rings. The molecule has 0 saturated heterocycles. The maximum Gasteiger partial charge on any atom is 0.272 e. The van der Waals surface area contributed by atoms with Crippen molar-refractivity contribution >= 4 is 11.6 Å². The summed E-state index contributed by atoms with van der Waals surface area (Å²) < 4.78 is 16.1. The first-order valence-electron chi connectivity index (χ1n) is 9.60. The fourth-order valence-corrected chi connectivity index (χ4v) is 3.45. The molecular formula is C24H27FN2O. The average Bonchev–Trinajstić information content (AvgIpc) is 2.88. The van der Waals surface area contributed by atoms with Crippen LogP contribution in [0.3, 0.4) is 0 Å². The van der Waals surface area contributed by atoms with Crippen molar-refractivity contribution in [1.29, 1.82) is 0 Å². The van der Waals surface area contributed by atoms with E-state index < -0.39 is 0 Å². The molecule has 1 aromatic heterocycles. The fraction of sp³-hybridized carbons (Fsp3) is 0.292. The number of halogens is 1. The number of nitrogens with zero attached hydrogens (tertiary/aromatic N) is 1. The molecule has 1 N–H and O–H groups in total. The maximum absolute atomic E-state index is 14.2. The highest BCUT2D eigenvalue weighted by molar-refractivity contribution is 6.04. The van der Waals surface area contributed by atoms with E-state index in [2.05, 4.69) is 19.2 Å². The molecule has 0 atom stereocenters. The summed E-state index contributed by atoms with van der Waals surface area (Å²) in [6.45, 7) is 10.5. The van der Waals surface area contributed by atoms with Gasteiger partial charge in [0.15, 0.2) is 0 Å². The SMILES string of the molecule is Cc1c(C)c(C(=O)Nc2ccc(C(C)C)cc2)n(Cc2ccccc2F)c1C. The highest BCUT2D eigenvalue weighted by atomic mass is 19.1. The number of rotatable bonds is 5. The van der Waals surface area contributed by atoms with Crippen molar-refractivity contribution in [3.8, 4) is 0 Å². The minimum Gasteiger partial charge on any atom is -0.336 e. The quantitative estimate of drug-likeness (QED) is 0.582. The first kappa shape index (κ1) is 19.9. The van der Waals surface area contributed by atoms with Gasteiger partial charge in [-0.2, -0.15) is 0 Å². The van der Waals surface area contributed by atoms with Crippen molar-refractivity contribution in [2.45, 2.75) is 47.1 Å². The minimum atomic E-state index is -0.262. The molecule has 0 radical (unpaired) electrons. The summed E-state index contributed by atoms with van der Waals surface area (Å²) in [4.78, 5) is 13.1. The van der Waals surface area contributed by atoms with Gasteiger partial charge in [-0.15, -0.1) is 0 Å². The number of amides is 1. The Morgan fingerprint density at radius 2 is 1.64 bits per heavy atom. The van der Waals surface area contributed by atoms with E-state index in [1.807, 2.05) is 55.7 Å². The zero-order valence-corrected chi connectivity index (χ0v) is 17.1. The van der Waals surface area contributed by atoms with Crippen molar-refractivity contribution in [3.05, 3.63) is 88.0 Å². The smallest absolute Gasteiger partial charge is 0.272 e. The Hall–Kier alpha value is -2.88. The van der Waals surface area contributed by atoms with Gasteiger partial charge in [0.2, 0.25) is 0 Å². The number of hydrogen-bond donors (Lipinski definition) is 1. The van der Waals surface area contributed by atoms with E-state index in [0.717, 1.165) is 22.5 Å². The van der Waals surface area contributed by atoms with E-state index in [-0.39, 0.29) is 11.7 Å². The standard InChI is InChI=1S/C24H27FN2O/c1-15(2)19-10-12-21(13-11-19)26-24(28)23-17(4)16(3)18(5)27(23)14-20-8-6-7-9-22(20)25/h6-13,15H,14H2,1-5H3,(H,26,28). The van der Waals surface area contributed by atoms with Gasteiger partial charge in [-0.05, 0) is 61.6 Å². The van der Waals surface area contributed by atoms with Crippen molar-refractivity contribution in [2.75, 3.05) is 5.32 Å². The Morgan fingerprint density at radius 1 is 1.00 bits per heavy atom. The second kappa shape index (κ2) is 8.01. The van der Waals surface area contributed by atoms with E-state index in [4.69, 9.17) is 0 Å². The number of benzene rings is 2. The Balaban J connectivity index is 1.93. The molecule has 0 aliphatic carbocycles. The number of carbonyl (C=O) groups excluding carboxylic acids is 1. The molecule has 1 heterocycles. The molecule has 0 fully saturated rings. The molecule has 1 amide bonds. The van der Waals surface area contributed by atoms with Crippen LogP contribution >= 0.6 is 0 Å². The number of aromatic nitrogens is 1. The van der Waals surface area contributed by atoms with Gasteiger partial charge < -0.3 is 9.88 Å². The van der Waals surface area contributed by atoms with Crippen LogP contribution in [0, 0.1) is 26.6 Å². The van der Waals surface area contributed by atoms with Crippen LogP contribution in [-0.4, -0.2) is 10.5 Å². The first-order chi connectivity index (χ1) is 13.3. The van der Waals surface area contributed by atoms with Gasteiger partial charge in [-0.3, -0.25) is 4.79 Å². The van der Waals surface area contributed by atoms with Gasteiger partial charge in [-0.25, -0.2) is 4.39 Å². The van der Waals surface area contributed by atoms with Crippen LogP contribution in [0.25, 0.3) is 0 Å². The summed E-state index contributed by atoms with van der Waals surface area (Å²) >= 11 is 0. The maximum atomic E-state index is 14.2. The highest BCUT2D eigenvalue weighted by Gasteiger charge is 2.21. The molecule has 0 saturated carbocycles. The predicted molar refractivity (Wildman–Crippen MR) is 113 cm³/mol. The summed E-state index contributed by atoms with van der Waals surface area (Å²) in [6.07, 6.45) is 0. The van der Waals surface area contributed by atoms with Crippen LogP contribution < -0.4 is 5.32 Å². The third-order valence-corrected chi connectivity index (χ3v) is 5.47. The average molecular weight is 378 g/mol. The fourth-order valence-electron chi connectivity index (χ4n) is 3.45. The van der Waals surface area contributed by atoms with Crippen molar-refractivity contribution < 1.29 is 9.18 Å². The number of nitrogens with one attached hydrogen (secondary N) is 1. The third kappa shape index (κ3) is 3.86. The zero-order chi connectivity index (χ0) is 20.4. The molecule has 0 spiro atoms. The van der Waals surface area contributed by atoms with E-state index in [1.165, 1.54) is 11.6 Å². The van der Waals surface area contributed by atoms with Crippen molar-refractivity contribution in [2.24, 2.45) is 0 Å². The summed E-state index contributed by atoms with van der Waals surface area (Å²) in [5, 5.41) is 2.99. The molecule has 4 heteroatoms. The van der Waals surface area contributed by atoms with E-state index in [1.54, 1.807) is 12.1 Å². The summed E-state index contributed by atoms with van der Waals surface area (Å²) in [7, 11) is 0. The monoisotopic (exact) mass is 378 g/mol. The molecular weight excluding hydrogens is 351 g/mol. The Labute approximate surface area is 166 Å². The molecule has 3 nitrogen and oxygen atoms in total. The van der Waals surface area contributed by atoms with Gasteiger partial charge in [0.05, 0.1) is 6.54 Å². The molecule has 146 valence electrons. The summed E-state index contributed by atoms with van der Waals surface area (Å²) in [6, 6.07) is 14.6. The van der Waals surface area contributed by atoms with Crippen LogP contribution in [0.1, 0.15) is 58.2 Å². The Bertz CT molecular complexity index is 1000. The Kier molecular flexibility index (Phi) is 5.68. The first-order valence-corrected chi connectivity index (χ1v) is 9.60. The molecule has 0 bridgehead atoms. The van der Waals surface area contributed by atoms with Crippen molar-refractivity contribution in [3.63, 3.8) is 0 Å². The van der Waals surface area contributed by atoms with Gasteiger partial charge in [0, 0.05) is 16.9 Å². The number of anilines is 1. The lowest BCUT2D eigenvalue weighted by Gasteiger charge is -2.14. The highest BCUT2D eigenvalue weighted by Crippen LogP contribution is 2.25. The number of hydrogen-bond acceptors (Lipinski definition) is 1. The van der Waals surface area contributed by atoms with E-state index >= 15 is 0 Å². The Morgan fingerprint density at radius 3 is 2.25 bits per heavy atom. The lowest BCUT2D eigenvalue weighted by molar-refractivity contribution is 0.101. The van der Waals surface area contributed by atoms with E-state index in [0.29, 0.717) is 23.7 Å². The van der Waals surface area contributed by atoms with Crippen LogP contribution in [0.4, 0.5) is 10.1 Å². The van der Waals surface area contributed by atoms with Crippen LogP contribution in [0.5, 0.6) is 0 Å². The molecule has 2 aromatic carbocycles. The van der Waals surface area contributed by atoms with Crippen LogP contribution in [0.2, 0.25) is 0 Å². The normalized spacial score (nSPS) is 11.1. The predicted octanol–water partition coefficient (Wildman–Crippen LogP) is 5.98. The second-order valence-electron chi connectivity index (χ2n) is 7.59. The topological polar surface area (TPSA) is 34.0 Å². The lowest BCUT2D eigenvalue weighted by atomic mass is 10.0. The van der Waals surface area contributed by atoms with Gasteiger partial charge in [0.1, 0.15) is 11.5 Å². The van der Waals surface area contributed by atoms with Gasteiger partial charge in [0.25, 0.3) is 5.91 Å². The zero-order valence-electron chi connectivity index (χ0n) is 17.1. The summed E-state index contributed by atoms with van der Waals surface area (Å²) in [5.74, 6) is -0.000768. The van der Waals surface area contributed by atoms with Gasteiger partial charge in [-0.1, -0.05) is 44.2 Å². The van der Waals surface area contributed by atoms with Gasteiger partial charge >= 0.3 is 0 Å². The third-order valence-electron chi connectivity index (χ3n) is 5.47. The molecule has 0 aliphatic heterocycles. The summed E-state index contributed by atoms with van der Waals surface area (Å²) in [5.41, 5.74) is 6.07. The molecule has 0 unspecified atom stereocenters. The second-order valence-corrected chi connectivity index (χ2v) is 7.59. The van der Waals surface area contributed by atoms with E-state index in [9.17, 15) is 9.18 Å². The number of carbonyl (C=O) groups is 1. The minimum absolute atomic E-state index is 0.178. The molecule has 3 rings (SSSR count). The van der Waals surface area contributed by atoms with Crippen LogP contribution in [-0.2, 0) is 6.54 Å². The lowest BCUT2D eigenvalue weighted by Crippen LogP contribution is -2.19. The largest absolute Gasteiger partial charge is 0.336 e.